The maximum absolute atomic E-state index is 12.8. The van der Waals surface area contributed by atoms with Gasteiger partial charge in [-0.05, 0) is 50.7 Å². The lowest BCUT2D eigenvalue weighted by molar-refractivity contribution is -0.870. The summed E-state index contributed by atoms with van der Waals surface area (Å²) in [5, 5.41) is 0. The molecule has 2 rings (SSSR count). The number of hydrogen-bond donors (Lipinski definition) is 0. The molecule has 0 saturated carbocycles. The molecule has 1 aliphatic heterocycles. The number of quaternary nitrogens is 1. The van der Waals surface area contributed by atoms with Crippen LogP contribution in [-0.4, -0.2) is 88.0 Å². The van der Waals surface area contributed by atoms with E-state index in [1.165, 1.54) is 77.0 Å². The van der Waals surface area contributed by atoms with Gasteiger partial charge in [0.25, 0.3) is 7.82 Å². The standard InChI is InChI=1S/C44H76NO10P/c1-6-8-10-12-14-15-16-17-18-19-20-22-24-28-43(47)51-35-38(36-53-56(49,50)52-33-32-45(3,4)5)54-44(48)29-25-27-41-42(55-41)34-39-37(30-31-40(39)46)26-23-21-13-11-9-7-2/h21,23,30-31,34,37-38,41-42H,6-20,22,24-29,32-33,35-36H2,1-5H3/b23-21-,39-34+/t37-,38+,41-,42-/m0/s1. The van der Waals surface area contributed by atoms with Gasteiger partial charge in [0.1, 0.15) is 25.9 Å². The molecule has 0 N–H and O–H groups in total. The largest absolute Gasteiger partial charge is 0.756 e. The third-order valence-electron chi connectivity index (χ3n) is 10.2. The fourth-order valence-corrected chi connectivity index (χ4v) is 7.30. The molecule has 1 heterocycles. The second-order valence-electron chi connectivity index (χ2n) is 16.6. The second-order valence-corrected chi connectivity index (χ2v) is 18.0. The van der Waals surface area contributed by atoms with Crippen molar-refractivity contribution >= 4 is 25.5 Å². The molecule has 1 aliphatic carbocycles. The summed E-state index contributed by atoms with van der Waals surface area (Å²) in [5.74, 6) is -0.910. The quantitative estimate of drug-likeness (QED) is 0.0116. The fourth-order valence-electron chi connectivity index (χ4n) is 6.57. The van der Waals surface area contributed by atoms with Gasteiger partial charge in [-0.25, -0.2) is 0 Å². The number of hydrogen-bond acceptors (Lipinski definition) is 10. The molecule has 56 heavy (non-hydrogen) atoms. The Morgan fingerprint density at radius 3 is 2.07 bits per heavy atom. The number of phosphoric ester groups is 1. The number of nitrogens with zero attached hydrogens (tertiary/aromatic N) is 1. The summed E-state index contributed by atoms with van der Waals surface area (Å²) >= 11 is 0. The highest BCUT2D eigenvalue weighted by Gasteiger charge is 2.38. The van der Waals surface area contributed by atoms with E-state index in [9.17, 15) is 23.8 Å². The zero-order valence-electron chi connectivity index (χ0n) is 35.6. The van der Waals surface area contributed by atoms with Gasteiger partial charge in [0, 0.05) is 24.3 Å². The van der Waals surface area contributed by atoms with Crippen LogP contribution >= 0.6 is 7.82 Å². The average molecular weight is 810 g/mol. The molecule has 0 spiro atoms. The number of unbranched alkanes of at least 4 members (excludes halogenated alkanes) is 15. The third kappa shape index (κ3) is 25.3. The molecule has 11 nitrogen and oxygen atoms in total. The number of allylic oxidation sites excluding steroid dienone is 5. The summed E-state index contributed by atoms with van der Waals surface area (Å²) in [6, 6.07) is 0. The molecule has 5 atom stereocenters. The van der Waals surface area contributed by atoms with E-state index in [0.29, 0.717) is 30.3 Å². The monoisotopic (exact) mass is 810 g/mol. The minimum absolute atomic E-state index is 0.0203. The Morgan fingerprint density at radius 1 is 0.821 bits per heavy atom. The van der Waals surface area contributed by atoms with Gasteiger partial charge < -0.3 is 32.6 Å². The van der Waals surface area contributed by atoms with Crippen molar-refractivity contribution in [2.24, 2.45) is 5.92 Å². The Kier molecular flexibility index (Phi) is 26.0. The van der Waals surface area contributed by atoms with Crippen LogP contribution in [0.4, 0.5) is 0 Å². The average Bonchev–Trinajstić information content (AvgIpc) is 3.80. The topological polar surface area (TPSA) is 141 Å². The number of phosphoric acid groups is 1. The van der Waals surface area contributed by atoms with Crippen LogP contribution in [0.25, 0.3) is 0 Å². The van der Waals surface area contributed by atoms with E-state index in [1.807, 2.05) is 33.3 Å². The van der Waals surface area contributed by atoms with Crippen LogP contribution in [-0.2, 0) is 42.2 Å². The molecule has 2 aliphatic rings. The highest BCUT2D eigenvalue weighted by atomic mass is 31.2. The molecule has 0 radical (unpaired) electrons. The molecular formula is C44H76NO10P. The van der Waals surface area contributed by atoms with Crippen molar-refractivity contribution < 1.29 is 51.6 Å². The molecule has 0 amide bonds. The van der Waals surface area contributed by atoms with E-state index >= 15 is 0 Å². The van der Waals surface area contributed by atoms with E-state index < -0.39 is 32.5 Å². The molecule has 0 aromatic rings. The van der Waals surface area contributed by atoms with Crippen LogP contribution < -0.4 is 4.89 Å². The summed E-state index contributed by atoms with van der Waals surface area (Å²) in [5.41, 5.74) is 0.763. The number of carbonyl (C=O) groups excluding carboxylic acids is 3. The van der Waals surface area contributed by atoms with Crippen LogP contribution in [0.3, 0.4) is 0 Å². The Labute approximate surface area is 339 Å². The smallest absolute Gasteiger partial charge is 0.306 e. The number of rotatable bonds is 35. The van der Waals surface area contributed by atoms with E-state index in [1.54, 1.807) is 6.08 Å². The van der Waals surface area contributed by atoms with Crippen molar-refractivity contribution in [1.82, 2.24) is 0 Å². The van der Waals surface area contributed by atoms with E-state index in [0.717, 1.165) is 37.7 Å². The van der Waals surface area contributed by atoms with Gasteiger partial charge in [0.15, 0.2) is 11.9 Å². The summed E-state index contributed by atoms with van der Waals surface area (Å²) in [6.07, 6.45) is 30.9. The Balaban J connectivity index is 1.74. The van der Waals surface area contributed by atoms with Gasteiger partial charge in [-0.2, -0.15) is 0 Å². The lowest BCUT2D eigenvalue weighted by Gasteiger charge is -2.28. The van der Waals surface area contributed by atoms with Crippen LogP contribution in [0, 0.1) is 5.92 Å². The number of ketones is 1. The highest BCUT2D eigenvalue weighted by molar-refractivity contribution is 7.45. The van der Waals surface area contributed by atoms with Crippen molar-refractivity contribution in [1.29, 1.82) is 0 Å². The molecule has 322 valence electrons. The SMILES string of the molecule is CCCCC/C=C\C[C@H]1C=CC(=O)/C1=C/[C@@H]1O[C@H]1CCCC(=O)O[C@H](COC(=O)CCCCCCCCCCCCCCC)COP(=O)([O-])OCC[N+](C)(C)C. The van der Waals surface area contributed by atoms with E-state index in [2.05, 4.69) is 26.0 Å². The number of esters is 2. The summed E-state index contributed by atoms with van der Waals surface area (Å²) in [4.78, 5) is 50.3. The minimum Gasteiger partial charge on any atom is -0.756 e. The molecule has 0 aromatic heterocycles. The summed E-state index contributed by atoms with van der Waals surface area (Å²) < 4.78 is 39.7. The lowest BCUT2D eigenvalue weighted by atomic mass is 9.96. The fraction of sp³-hybridized carbons (Fsp3) is 0.795. The van der Waals surface area contributed by atoms with Crippen LogP contribution in [0.15, 0.2) is 36.0 Å². The second kappa shape index (κ2) is 29.1. The van der Waals surface area contributed by atoms with Gasteiger partial charge >= 0.3 is 11.9 Å². The minimum atomic E-state index is -4.68. The maximum atomic E-state index is 12.8. The van der Waals surface area contributed by atoms with Gasteiger partial charge in [-0.1, -0.05) is 122 Å². The van der Waals surface area contributed by atoms with E-state index in [-0.39, 0.29) is 50.0 Å². The first-order valence-corrected chi connectivity index (χ1v) is 23.3. The first kappa shape index (κ1) is 50.0. The van der Waals surface area contributed by atoms with Crippen molar-refractivity contribution in [3.63, 3.8) is 0 Å². The molecule has 1 saturated heterocycles. The number of carbonyl (C=O) groups is 3. The van der Waals surface area contributed by atoms with Crippen molar-refractivity contribution in [2.75, 3.05) is 47.5 Å². The molecule has 1 unspecified atom stereocenters. The van der Waals surface area contributed by atoms with Crippen molar-refractivity contribution in [2.45, 2.75) is 173 Å². The van der Waals surface area contributed by atoms with Gasteiger partial charge in [-0.3, -0.25) is 18.9 Å². The van der Waals surface area contributed by atoms with Gasteiger partial charge in [-0.15, -0.1) is 0 Å². The number of likely N-dealkylation sites (N-methyl/N-ethyl adjacent to an activating group) is 1. The zero-order chi connectivity index (χ0) is 41.1. The van der Waals surface area contributed by atoms with E-state index in [4.69, 9.17) is 23.3 Å². The third-order valence-corrected chi connectivity index (χ3v) is 11.1. The molecule has 1 fully saturated rings. The first-order chi connectivity index (χ1) is 26.8. The van der Waals surface area contributed by atoms with Crippen LogP contribution in [0.2, 0.25) is 0 Å². The van der Waals surface area contributed by atoms with Crippen LogP contribution in [0.5, 0.6) is 0 Å². The molecular weight excluding hydrogens is 733 g/mol. The van der Waals surface area contributed by atoms with Gasteiger partial charge in [0.05, 0.1) is 33.9 Å². The Bertz CT molecular complexity index is 1260. The van der Waals surface area contributed by atoms with Crippen molar-refractivity contribution in [3.8, 4) is 0 Å². The Morgan fingerprint density at radius 2 is 1.43 bits per heavy atom. The number of epoxide rings is 1. The summed E-state index contributed by atoms with van der Waals surface area (Å²) in [7, 11) is 1.05. The molecule has 0 bridgehead atoms. The molecule has 0 aromatic carbocycles. The zero-order valence-corrected chi connectivity index (χ0v) is 36.5. The van der Waals surface area contributed by atoms with Gasteiger partial charge in [0.2, 0.25) is 0 Å². The maximum Gasteiger partial charge on any atom is 0.306 e. The normalized spacial score (nSPS) is 20.5. The number of ether oxygens (including phenoxy) is 3. The van der Waals surface area contributed by atoms with Crippen LogP contribution in [0.1, 0.15) is 155 Å². The van der Waals surface area contributed by atoms with Crippen molar-refractivity contribution in [3.05, 3.63) is 36.0 Å². The lowest BCUT2D eigenvalue weighted by Crippen LogP contribution is -2.37. The highest BCUT2D eigenvalue weighted by Crippen LogP contribution is 2.38. The molecule has 12 heteroatoms. The predicted molar refractivity (Wildman–Crippen MR) is 220 cm³/mol. The summed E-state index contributed by atoms with van der Waals surface area (Å²) in [6.45, 7) is 3.96. The predicted octanol–water partition coefficient (Wildman–Crippen LogP) is 9.28. The Hall–Kier alpha value is -2.14. The first-order valence-electron chi connectivity index (χ1n) is 21.8.